The number of nitrogens with one attached hydrogen (secondary N) is 3. The van der Waals surface area contributed by atoms with Crippen molar-refractivity contribution in [1.82, 2.24) is 20.9 Å². The molecule has 0 aliphatic carbocycles. The van der Waals surface area contributed by atoms with Gasteiger partial charge < -0.3 is 35.2 Å². The van der Waals surface area contributed by atoms with E-state index < -0.39 is 16.6 Å². The predicted octanol–water partition coefficient (Wildman–Crippen LogP) is 15.3. The number of hydrogen-bond acceptors (Lipinski definition) is 7. The molecule has 0 fully saturated rings. The molecule has 0 aromatic heterocycles. The number of aromatic hydroxyl groups is 2. The van der Waals surface area contributed by atoms with Crippen molar-refractivity contribution in [2.24, 2.45) is 0 Å². The second-order valence-electron chi connectivity index (χ2n) is 21.2. The number of hydrogen-bond donors (Lipinski definition) is 5. The number of nitrogens with zero attached hydrogens (tertiary/aromatic N) is 1. The molecule has 0 saturated heterocycles. The molecule has 384 valence electrons. The van der Waals surface area contributed by atoms with E-state index in [1.54, 1.807) is 0 Å². The molecule has 0 aliphatic rings. The Morgan fingerprint density at radius 2 is 1.06 bits per heavy atom. The van der Waals surface area contributed by atoms with Crippen LogP contribution in [0.2, 0.25) is 37.3 Å². The molecule has 3 atom stereocenters. The number of benzene rings is 2. The van der Waals surface area contributed by atoms with Gasteiger partial charge >= 0.3 is 0 Å². The maximum absolute atomic E-state index is 10.7. The maximum Gasteiger partial charge on any atom is 0.176 e. The minimum Gasteiger partial charge on any atom is -0.508 e. The smallest absolute Gasteiger partial charge is 0.176 e. The highest BCUT2D eigenvalue weighted by Crippen LogP contribution is 2.40. The third-order valence-corrected chi connectivity index (χ3v) is 23.6. The number of phenols is 2. The second-order valence-corrected chi connectivity index (χ2v) is 30.0. The van der Waals surface area contributed by atoms with E-state index in [-0.39, 0.29) is 6.04 Å². The molecule has 0 radical (unpaired) electrons. The second kappa shape index (κ2) is 36.7. The molecule has 0 bridgehead atoms. The van der Waals surface area contributed by atoms with E-state index in [1.807, 2.05) is 26.2 Å². The largest absolute Gasteiger partial charge is 0.508 e. The van der Waals surface area contributed by atoms with Crippen LogP contribution in [0.4, 0.5) is 0 Å². The van der Waals surface area contributed by atoms with Crippen LogP contribution in [0, 0.1) is 0 Å². The highest BCUT2D eigenvalue weighted by Gasteiger charge is 2.42. The maximum atomic E-state index is 10.7. The summed E-state index contributed by atoms with van der Waals surface area (Å²) in [4.78, 5) is 2.28. The Morgan fingerprint density at radius 3 is 1.57 bits per heavy atom. The van der Waals surface area contributed by atoms with Gasteiger partial charge in [0.05, 0.1) is 0 Å². The summed E-state index contributed by atoms with van der Waals surface area (Å²) in [6.45, 7) is 21.8. The molecule has 0 aliphatic heterocycles. The highest BCUT2D eigenvalue weighted by molar-refractivity contribution is 6.86. The van der Waals surface area contributed by atoms with Crippen LogP contribution in [-0.4, -0.2) is 79.1 Å². The van der Waals surface area contributed by atoms with Crippen molar-refractivity contribution >= 4 is 16.6 Å². The minimum absolute atomic E-state index is 0.159. The van der Waals surface area contributed by atoms with Crippen LogP contribution >= 0.6 is 0 Å². The first-order valence-electron chi connectivity index (χ1n) is 27.6. The first-order chi connectivity index (χ1) is 32.3. The molecule has 9 heteroatoms. The zero-order valence-corrected chi connectivity index (χ0v) is 47.3. The van der Waals surface area contributed by atoms with Crippen molar-refractivity contribution in [2.45, 2.75) is 225 Å². The molecule has 2 aromatic carbocycles. The minimum atomic E-state index is -1.86. The average Bonchev–Trinajstić information content (AvgIpc) is 3.28. The lowest BCUT2D eigenvalue weighted by Gasteiger charge is -2.43. The van der Waals surface area contributed by atoms with Crippen molar-refractivity contribution in [2.75, 3.05) is 47.3 Å². The molecule has 5 N–H and O–H groups in total. The Balaban J connectivity index is 1.63. The summed E-state index contributed by atoms with van der Waals surface area (Å²) in [7, 11) is 2.39. The van der Waals surface area contributed by atoms with Gasteiger partial charge in [0.1, 0.15) is 11.5 Å². The first-order valence-corrected chi connectivity index (χ1v) is 33.6. The van der Waals surface area contributed by atoms with Gasteiger partial charge in [-0.3, -0.25) is 0 Å². The predicted molar refractivity (Wildman–Crippen MR) is 299 cm³/mol. The quantitative estimate of drug-likeness (QED) is 0.0257. The summed E-state index contributed by atoms with van der Waals surface area (Å²) in [6.07, 6.45) is 39.2. The lowest BCUT2D eigenvalue weighted by Crippen LogP contribution is -2.50. The van der Waals surface area contributed by atoms with Gasteiger partial charge in [-0.05, 0) is 205 Å². The first kappa shape index (κ1) is 60.9. The van der Waals surface area contributed by atoms with Gasteiger partial charge in [0.2, 0.25) is 0 Å². The van der Waals surface area contributed by atoms with E-state index in [0.29, 0.717) is 11.5 Å². The Hall–Kier alpha value is -2.25. The molecular formula is C58H106N4O3Si2. The van der Waals surface area contributed by atoms with E-state index in [9.17, 15) is 10.2 Å². The Bertz CT molecular complexity index is 1600. The van der Waals surface area contributed by atoms with Gasteiger partial charge in [0.15, 0.2) is 16.6 Å². The third kappa shape index (κ3) is 27.1. The average molecular weight is 964 g/mol. The monoisotopic (exact) mass is 963 g/mol. The van der Waals surface area contributed by atoms with E-state index in [1.165, 1.54) is 140 Å². The fourth-order valence-corrected chi connectivity index (χ4v) is 20.6. The Kier molecular flexibility index (Phi) is 33.3. The number of allylic oxidation sites excluding steroid dienone is 4. The van der Waals surface area contributed by atoms with Gasteiger partial charge in [0, 0.05) is 23.7 Å². The molecule has 3 unspecified atom stereocenters. The van der Waals surface area contributed by atoms with Gasteiger partial charge in [-0.2, -0.15) is 0 Å². The fraction of sp³-hybridized carbons (Fsp3) is 0.724. The Labute approximate surface area is 416 Å². The van der Waals surface area contributed by atoms with Crippen LogP contribution in [0.15, 0.2) is 60.7 Å². The van der Waals surface area contributed by atoms with E-state index in [4.69, 9.17) is 4.12 Å². The highest BCUT2D eigenvalue weighted by atomic mass is 28.4. The summed E-state index contributed by atoms with van der Waals surface area (Å²) < 4.78 is 7.47. The van der Waals surface area contributed by atoms with Gasteiger partial charge in [-0.15, -0.1) is 0 Å². The van der Waals surface area contributed by atoms with Crippen LogP contribution in [0.5, 0.6) is 11.5 Å². The van der Waals surface area contributed by atoms with Gasteiger partial charge in [-0.25, -0.2) is 0 Å². The fourth-order valence-electron chi connectivity index (χ4n) is 10.1. The summed E-state index contributed by atoms with van der Waals surface area (Å²) >= 11 is 0. The molecule has 2 rings (SSSR count). The normalized spacial score (nSPS) is 14.0. The summed E-state index contributed by atoms with van der Waals surface area (Å²) in [5.41, 5.74) is 5.97. The SMILES string of the molecule is CCCC(CCC=CCCCCCCCc1ccc(CN(C)CCCNC)c(O)c1)[Si](C)(C)O[Si](C)(C)C(CCC)CC/C=C/CCCCCCCc1ccc(C(C)NCCCNC)c(O)c1. The Morgan fingerprint density at radius 1 is 0.582 bits per heavy atom. The molecule has 0 amide bonds. The van der Waals surface area contributed by atoms with Crippen LogP contribution in [-0.2, 0) is 23.5 Å². The molecule has 7 nitrogen and oxygen atoms in total. The third-order valence-electron chi connectivity index (χ3n) is 14.3. The van der Waals surface area contributed by atoms with E-state index in [2.05, 4.69) is 123 Å². The number of aryl methyl sites for hydroxylation is 2. The molecule has 0 heterocycles. The van der Waals surface area contributed by atoms with Gasteiger partial charge in [-0.1, -0.05) is 127 Å². The molecular weight excluding hydrogens is 857 g/mol. The van der Waals surface area contributed by atoms with Gasteiger partial charge in [0.25, 0.3) is 0 Å². The summed E-state index contributed by atoms with van der Waals surface area (Å²) in [5, 5.41) is 31.2. The zero-order valence-electron chi connectivity index (χ0n) is 45.3. The molecule has 2 aromatic rings. The molecule has 67 heavy (non-hydrogen) atoms. The number of unbranched alkanes of at least 4 members (excludes halogenated alkanes) is 10. The zero-order chi connectivity index (χ0) is 49.2. The summed E-state index contributed by atoms with van der Waals surface area (Å²) in [5.74, 6) is 0.873. The lowest BCUT2D eigenvalue weighted by molar-refractivity contribution is 0.315. The molecule has 0 saturated carbocycles. The van der Waals surface area contributed by atoms with Crippen molar-refractivity contribution in [1.29, 1.82) is 0 Å². The standard InChI is InChI=1S/C58H106N4O3Si2/c1-11-33-54(37-29-25-21-17-13-15-19-23-27-35-51-39-41-53(57(63)47-51)49-62(6)46-32-44-60-5)66(7,8)65-67(9,10)55(34-12-2)38-30-26-22-18-14-16-20-24-28-36-52-40-42-56(58(64)48-52)50(3)61-45-31-43-59-4/h21-22,25-26,39-42,47-48,50,54-55,59-61,63-64H,11-20,23-24,27-38,43-46,49H2,1-10H3/b25-21?,26-22+. The van der Waals surface area contributed by atoms with Crippen molar-refractivity contribution in [3.63, 3.8) is 0 Å². The van der Waals surface area contributed by atoms with Crippen molar-refractivity contribution in [3.05, 3.63) is 83.0 Å². The number of phenolic OH excluding ortho intramolecular Hbond substituents is 2. The van der Waals surface area contributed by atoms with E-state index >= 15 is 0 Å². The van der Waals surface area contributed by atoms with Crippen LogP contribution in [0.25, 0.3) is 0 Å². The van der Waals surface area contributed by atoms with Crippen molar-refractivity contribution < 1.29 is 14.3 Å². The summed E-state index contributed by atoms with van der Waals surface area (Å²) in [6, 6.07) is 12.8. The molecule has 0 spiro atoms. The number of rotatable bonds is 42. The topological polar surface area (TPSA) is 89.0 Å². The van der Waals surface area contributed by atoms with Crippen LogP contribution < -0.4 is 16.0 Å². The van der Waals surface area contributed by atoms with Crippen LogP contribution in [0.3, 0.4) is 0 Å². The van der Waals surface area contributed by atoms with E-state index in [0.717, 1.165) is 80.6 Å². The van der Waals surface area contributed by atoms with Crippen LogP contribution in [0.1, 0.15) is 190 Å². The van der Waals surface area contributed by atoms with Crippen molar-refractivity contribution in [3.8, 4) is 11.5 Å². The lowest BCUT2D eigenvalue weighted by atomic mass is 10.0.